The summed E-state index contributed by atoms with van der Waals surface area (Å²) in [5, 5.41) is 0.699. The number of anilines is 1. The number of aromatic nitrogens is 6. The smallest absolute Gasteiger partial charge is 0.332 e. The molecule has 1 aliphatic rings. The van der Waals surface area contributed by atoms with Crippen LogP contribution in [0.1, 0.15) is 19.8 Å². The minimum absolute atomic E-state index is 0.312. The molecule has 0 N–H and O–H groups in total. The maximum absolute atomic E-state index is 13.0. The number of hydrogen-bond acceptors (Lipinski definition) is 7. The van der Waals surface area contributed by atoms with Gasteiger partial charge in [0.25, 0.3) is 5.56 Å². The molecule has 0 amide bonds. The van der Waals surface area contributed by atoms with Crippen molar-refractivity contribution >= 4 is 28.9 Å². The van der Waals surface area contributed by atoms with Gasteiger partial charge in [-0.25, -0.2) is 14.8 Å². The highest BCUT2D eigenvalue weighted by molar-refractivity contribution is 7.99. The Morgan fingerprint density at radius 3 is 2.66 bits per heavy atom. The van der Waals surface area contributed by atoms with E-state index < -0.39 is 0 Å². The van der Waals surface area contributed by atoms with E-state index in [0.29, 0.717) is 34.5 Å². The Hall–Kier alpha value is -2.62. The number of nitrogens with zero attached hydrogens (tertiary/aromatic N) is 7. The van der Waals surface area contributed by atoms with Gasteiger partial charge in [-0.1, -0.05) is 18.7 Å². The molecule has 0 spiro atoms. The van der Waals surface area contributed by atoms with E-state index in [9.17, 15) is 9.59 Å². The molecule has 0 aliphatic carbocycles. The average Bonchev–Trinajstić information content (AvgIpc) is 3.11. The van der Waals surface area contributed by atoms with Gasteiger partial charge < -0.3 is 9.47 Å². The topological polar surface area (TPSA) is 90.8 Å². The molecule has 3 aromatic heterocycles. The second kappa shape index (κ2) is 8.02. The summed E-state index contributed by atoms with van der Waals surface area (Å²) >= 11 is 1.53. The highest BCUT2D eigenvalue weighted by Gasteiger charge is 2.25. The van der Waals surface area contributed by atoms with E-state index >= 15 is 0 Å². The van der Waals surface area contributed by atoms with E-state index in [1.807, 2.05) is 4.57 Å². The molecule has 4 heterocycles. The lowest BCUT2D eigenvalue weighted by Gasteiger charge is -2.32. The molecule has 29 heavy (non-hydrogen) atoms. The highest BCUT2D eigenvalue weighted by atomic mass is 32.2. The van der Waals surface area contributed by atoms with Crippen LogP contribution >= 0.6 is 11.8 Å². The van der Waals surface area contributed by atoms with Crippen LogP contribution < -0.4 is 16.1 Å². The van der Waals surface area contributed by atoms with Crippen LogP contribution in [0, 0.1) is 5.92 Å². The molecule has 1 unspecified atom stereocenters. The Kier molecular flexibility index (Phi) is 5.44. The van der Waals surface area contributed by atoms with Gasteiger partial charge in [0.2, 0.25) is 5.95 Å². The van der Waals surface area contributed by atoms with Crippen molar-refractivity contribution in [2.75, 3.05) is 23.7 Å². The van der Waals surface area contributed by atoms with Crippen LogP contribution in [0.15, 0.2) is 33.2 Å². The summed E-state index contributed by atoms with van der Waals surface area (Å²) in [6, 6.07) is 1.78. The van der Waals surface area contributed by atoms with Gasteiger partial charge in [0.05, 0.1) is 0 Å². The molecule has 0 saturated carbocycles. The molecule has 4 rings (SSSR count). The van der Waals surface area contributed by atoms with Crippen LogP contribution in [-0.2, 0) is 20.6 Å². The standard InChI is InChI=1S/C19H25N7O2S/c1-13-6-4-9-25(12-13)18-22-15-14(16(27)24(3)19(28)23(15)2)26(18)10-11-29-17-20-7-5-8-21-17/h5,7-8,13H,4,6,9-12H2,1-3H3. The van der Waals surface area contributed by atoms with Gasteiger partial charge in [-0.15, -0.1) is 0 Å². The van der Waals surface area contributed by atoms with Crippen molar-refractivity contribution in [3.8, 4) is 0 Å². The van der Waals surface area contributed by atoms with Gasteiger partial charge >= 0.3 is 5.69 Å². The van der Waals surface area contributed by atoms with Gasteiger partial charge in [0, 0.05) is 51.9 Å². The zero-order chi connectivity index (χ0) is 20.5. The number of hydrogen-bond donors (Lipinski definition) is 0. The third-order valence-corrected chi connectivity index (χ3v) is 6.21. The molecular formula is C19H25N7O2S. The summed E-state index contributed by atoms with van der Waals surface area (Å²) in [5.74, 6) is 2.02. The molecule has 1 aliphatic heterocycles. The van der Waals surface area contributed by atoms with Crippen LogP contribution in [0.2, 0.25) is 0 Å². The number of piperidine rings is 1. The summed E-state index contributed by atoms with van der Waals surface area (Å²) in [7, 11) is 3.17. The summed E-state index contributed by atoms with van der Waals surface area (Å²) in [6.45, 7) is 4.60. The Morgan fingerprint density at radius 2 is 1.93 bits per heavy atom. The van der Waals surface area contributed by atoms with Gasteiger partial charge in [-0.05, 0) is 24.8 Å². The zero-order valence-electron chi connectivity index (χ0n) is 16.9. The van der Waals surface area contributed by atoms with Crippen molar-refractivity contribution in [1.82, 2.24) is 28.7 Å². The monoisotopic (exact) mass is 415 g/mol. The molecule has 3 aromatic rings. The molecule has 0 bridgehead atoms. The van der Waals surface area contributed by atoms with E-state index in [2.05, 4.69) is 21.8 Å². The van der Waals surface area contributed by atoms with Crippen LogP contribution in [0.3, 0.4) is 0 Å². The number of rotatable bonds is 5. The first-order valence-electron chi connectivity index (χ1n) is 9.78. The van der Waals surface area contributed by atoms with E-state index in [4.69, 9.17) is 4.98 Å². The van der Waals surface area contributed by atoms with E-state index in [-0.39, 0.29) is 11.2 Å². The first-order chi connectivity index (χ1) is 14.0. The summed E-state index contributed by atoms with van der Waals surface area (Å²) < 4.78 is 4.57. The predicted octanol–water partition coefficient (Wildman–Crippen LogP) is 1.25. The molecule has 9 nitrogen and oxygen atoms in total. The number of aryl methyl sites for hydroxylation is 2. The Balaban J connectivity index is 1.77. The minimum Gasteiger partial charge on any atom is -0.342 e. The van der Waals surface area contributed by atoms with Crippen molar-refractivity contribution in [2.45, 2.75) is 31.5 Å². The minimum atomic E-state index is -0.363. The maximum atomic E-state index is 13.0. The van der Waals surface area contributed by atoms with Crippen molar-refractivity contribution in [3.63, 3.8) is 0 Å². The van der Waals surface area contributed by atoms with E-state index in [1.54, 1.807) is 25.5 Å². The molecule has 0 aromatic carbocycles. The van der Waals surface area contributed by atoms with Gasteiger partial charge in [-0.3, -0.25) is 13.9 Å². The fourth-order valence-corrected chi connectivity index (χ4v) is 4.57. The van der Waals surface area contributed by atoms with E-state index in [1.165, 1.54) is 29.8 Å². The fourth-order valence-electron chi connectivity index (χ4n) is 3.85. The van der Waals surface area contributed by atoms with Crippen molar-refractivity contribution in [2.24, 2.45) is 20.0 Å². The zero-order valence-corrected chi connectivity index (χ0v) is 17.7. The van der Waals surface area contributed by atoms with Crippen molar-refractivity contribution in [1.29, 1.82) is 0 Å². The first kappa shape index (κ1) is 19.7. The lowest BCUT2D eigenvalue weighted by molar-refractivity contribution is 0.438. The molecule has 1 saturated heterocycles. The van der Waals surface area contributed by atoms with Crippen molar-refractivity contribution < 1.29 is 0 Å². The molecule has 1 fully saturated rings. The van der Waals surface area contributed by atoms with Gasteiger partial charge in [0.15, 0.2) is 16.3 Å². The van der Waals surface area contributed by atoms with Crippen LogP contribution in [0.4, 0.5) is 5.95 Å². The first-order valence-corrected chi connectivity index (χ1v) is 10.8. The Bertz CT molecular complexity index is 1140. The second-order valence-corrected chi connectivity index (χ2v) is 8.58. The van der Waals surface area contributed by atoms with Crippen LogP contribution in [0.25, 0.3) is 11.2 Å². The Morgan fingerprint density at radius 1 is 1.17 bits per heavy atom. The SMILES string of the molecule is CC1CCCN(c2nc3c(c(=O)n(C)c(=O)n3C)n2CCSc2ncccn2)C1. The molecule has 0 radical (unpaired) electrons. The summed E-state index contributed by atoms with van der Waals surface area (Å²) in [6.07, 6.45) is 5.72. The predicted molar refractivity (Wildman–Crippen MR) is 114 cm³/mol. The third kappa shape index (κ3) is 3.68. The number of thioether (sulfide) groups is 1. The largest absolute Gasteiger partial charge is 0.342 e. The lowest BCUT2D eigenvalue weighted by atomic mass is 10.0. The normalized spacial score (nSPS) is 17.2. The number of fused-ring (bicyclic) bond motifs is 1. The van der Waals surface area contributed by atoms with Crippen molar-refractivity contribution in [3.05, 3.63) is 39.3 Å². The molecule has 10 heteroatoms. The quantitative estimate of drug-likeness (QED) is 0.458. The average molecular weight is 416 g/mol. The molecular weight excluding hydrogens is 390 g/mol. The highest BCUT2D eigenvalue weighted by Crippen LogP contribution is 2.26. The van der Waals surface area contributed by atoms with Gasteiger partial charge in [-0.2, -0.15) is 4.98 Å². The fraction of sp³-hybridized carbons (Fsp3) is 0.526. The van der Waals surface area contributed by atoms with Gasteiger partial charge in [0.1, 0.15) is 0 Å². The maximum Gasteiger partial charge on any atom is 0.332 e. The van der Waals surface area contributed by atoms with E-state index in [0.717, 1.165) is 30.0 Å². The van der Waals surface area contributed by atoms with Crippen LogP contribution in [-0.4, -0.2) is 47.5 Å². The molecule has 1 atom stereocenters. The van der Waals surface area contributed by atoms with Crippen LogP contribution in [0.5, 0.6) is 0 Å². The summed E-state index contributed by atoms with van der Waals surface area (Å²) in [4.78, 5) is 40.8. The second-order valence-electron chi connectivity index (χ2n) is 7.51. The number of imidazole rings is 1. The lowest BCUT2D eigenvalue weighted by Crippen LogP contribution is -2.38. The third-order valence-electron chi connectivity index (χ3n) is 5.36. The molecule has 154 valence electrons. The summed E-state index contributed by atoms with van der Waals surface area (Å²) in [5.41, 5.74) is 0.232. The Labute approximate surface area is 172 Å².